The number of hydrogen-bond donors (Lipinski definition) is 0. The van der Waals surface area contributed by atoms with Crippen molar-refractivity contribution < 1.29 is 18.5 Å². The van der Waals surface area contributed by atoms with Gasteiger partial charge in [-0.2, -0.15) is 0 Å². The molecular weight excluding hydrogens is 253 g/mol. The maximum Gasteiger partial charge on any atom is 0.334 e. The summed E-state index contributed by atoms with van der Waals surface area (Å²) in [5.74, 6) is 0.468. The van der Waals surface area contributed by atoms with Crippen LogP contribution in [0.1, 0.15) is 33.6 Å². The van der Waals surface area contributed by atoms with Gasteiger partial charge in [0, 0.05) is 11.8 Å². The van der Waals surface area contributed by atoms with Crippen LogP contribution >= 0.6 is 7.60 Å². The molecular formula is C12H22NO4P. The highest BCUT2D eigenvalue weighted by molar-refractivity contribution is 7.54. The Bertz CT molecular complexity index is 361. The zero-order valence-electron chi connectivity index (χ0n) is 11.3. The third-order valence-electron chi connectivity index (χ3n) is 3.70. The zero-order valence-corrected chi connectivity index (χ0v) is 12.2. The van der Waals surface area contributed by atoms with Crippen molar-refractivity contribution >= 4 is 13.3 Å². The molecule has 0 N–H and O–H groups in total. The molecule has 2 aliphatic rings. The van der Waals surface area contributed by atoms with Gasteiger partial charge in [0.05, 0.1) is 24.6 Å². The van der Waals surface area contributed by atoms with Crippen molar-refractivity contribution in [2.45, 2.75) is 39.3 Å². The summed E-state index contributed by atoms with van der Waals surface area (Å²) >= 11 is 0. The van der Waals surface area contributed by atoms with Crippen LogP contribution in [0.5, 0.6) is 0 Å². The second-order valence-electron chi connectivity index (χ2n) is 4.70. The third kappa shape index (κ3) is 2.36. The summed E-state index contributed by atoms with van der Waals surface area (Å²) in [6, 6.07) is 0. The van der Waals surface area contributed by atoms with Gasteiger partial charge in [0.15, 0.2) is 0 Å². The number of fused-ring (bicyclic) bond motifs is 1. The first-order valence-electron chi connectivity index (χ1n) is 6.74. The van der Waals surface area contributed by atoms with Gasteiger partial charge in [-0.25, -0.2) is 0 Å². The Morgan fingerprint density at radius 3 is 2.56 bits per heavy atom. The number of rotatable bonds is 6. The molecule has 0 aromatic rings. The van der Waals surface area contributed by atoms with E-state index in [2.05, 4.69) is 12.1 Å². The van der Waals surface area contributed by atoms with Gasteiger partial charge in [0.2, 0.25) is 0 Å². The van der Waals surface area contributed by atoms with Crippen molar-refractivity contribution in [3.05, 3.63) is 0 Å². The quantitative estimate of drug-likeness (QED) is 0.699. The van der Waals surface area contributed by atoms with Crippen molar-refractivity contribution in [1.82, 2.24) is 0 Å². The van der Waals surface area contributed by atoms with Crippen LogP contribution in [0, 0.1) is 11.8 Å². The monoisotopic (exact) mass is 275 g/mol. The van der Waals surface area contributed by atoms with Crippen LogP contribution in [0.4, 0.5) is 0 Å². The second-order valence-corrected chi connectivity index (χ2v) is 6.96. The zero-order chi connectivity index (χ0) is 13.2. The minimum absolute atomic E-state index is 0.0601. The number of nitrogens with zero attached hydrogens (tertiary/aromatic N) is 1. The molecule has 0 amide bonds. The average molecular weight is 275 g/mol. The Hall–Kier alpha value is -0.380. The standard InChI is InChI=1S/C12H22NO4P/c1-4-10-11(7-9-8-15-13-12(9)10)18(14,16-5-2)17-6-3/h9-11H,4-8H2,1-3H3/t9-,10?,11+/m1/s1. The lowest BCUT2D eigenvalue weighted by atomic mass is 10.0. The van der Waals surface area contributed by atoms with E-state index in [4.69, 9.17) is 13.9 Å². The summed E-state index contributed by atoms with van der Waals surface area (Å²) in [4.78, 5) is 5.14. The molecule has 0 aromatic carbocycles. The lowest BCUT2D eigenvalue weighted by Crippen LogP contribution is -2.21. The molecule has 2 rings (SSSR count). The van der Waals surface area contributed by atoms with Crippen LogP contribution in [-0.4, -0.2) is 31.2 Å². The average Bonchev–Trinajstić information content (AvgIpc) is 2.88. The maximum atomic E-state index is 12.9. The fraction of sp³-hybridized carbons (Fsp3) is 0.917. The van der Waals surface area contributed by atoms with Crippen LogP contribution in [0.2, 0.25) is 0 Å². The minimum atomic E-state index is -3.03. The maximum absolute atomic E-state index is 12.9. The van der Waals surface area contributed by atoms with Gasteiger partial charge in [0.25, 0.3) is 0 Å². The van der Waals surface area contributed by atoms with Crippen LogP contribution in [0.25, 0.3) is 0 Å². The van der Waals surface area contributed by atoms with Crippen molar-refractivity contribution in [3.8, 4) is 0 Å². The number of oxime groups is 1. The second kappa shape index (κ2) is 5.72. The first-order valence-corrected chi connectivity index (χ1v) is 8.35. The molecule has 5 nitrogen and oxygen atoms in total. The van der Waals surface area contributed by atoms with Gasteiger partial charge in [-0.3, -0.25) is 4.57 Å². The molecule has 1 aliphatic heterocycles. The normalized spacial score (nSPS) is 31.1. The fourth-order valence-corrected chi connectivity index (χ4v) is 5.49. The SMILES string of the molecule is CCOP(=O)(OCC)[C@H]1C[C@@H]2CON=C2C1CC. The van der Waals surface area contributed by atoms with E-state index in [0.717, 1.165) is 18.6 Å². The molecule has 0 aromatic heterocycles. The Balaban J connectivity index is 2.22. The number of hydrogen-bond acceptors (Lipinski definition) is 5. The molecule has 18 heavy (non-hydrogen) atoms. The summed E-state index contributed by atoms with van der Waals surface area (Å²) in [6.45, 7) is 7.23. The van der Waals surface area contributed by atoms with E-state index in [1.165, 1.54) is 0 Å². The first kappa shape index (κ1) is 14.0. The van der Waals surface area contributed by atoms with E-state index >= 15 is 0 Å². The van der Waals surface area contributed by atoms with E-state index in [1.807, 2.05) is 13.8 Å². The molecule has 1 fully saturated rings. The van der Waals surface area contributed by atoms with E-state index < -0.39 is 7.60 Å². The van der Waals surface area contributed by atoms with Gasteiger partial charge in [-0.05, 0) is 26.7 Å². The summed E-state index contributed by atoms with van der Waals surface area (Å²) in [5.41, 5.74) is 0.997. The molecule has 1 aliphatic carbocycles. The Kier molecular flexibility index (Phi) is 4.46. The summed E-state index contributed by atoms with van der Waals surface area (Å²) < 4.78 is 23.9. The van der Waals surface area contributed by atoms with Crippen molar-refractivity contribution in [1.29, 1.82) is 0 Å². The Morgan fingerprint density at radius 1 is 1.33 bits per heavy atom. The van der Waals surface area contributed by atoms with Crippen LogP contribution in [0.3, 0.4) is 0 Å². The lowest BCUT2D eigenvalue weighted by molar-refractivity contribution is 0.148. The topological polar surface area (TPSA) is 57.1 Å². The smallest absolute Gasteiger partial charge is 0.334 e. The van der Waals surface area contributed by atoms with Gasteiger partial charge < -0.3 is 13.9 Å². The van der Waals surface area contributed by atoms with Crippen molar-refractivity contribution in [2.75, 3.05) is 19.8 Å². The van der Waals surface area contributed by atoms with Gasteiger partial charge in [-0.1, -0.05) is 12.1 Å². The predicted octanol–water partition coefficient (Wildman–Crippen LogP) is 3.05. The lowest BCUT2D eigenvalue weighted by Gasteiger charge is -2.27. The molecule has 104 valence electrons. The predicted molar refractivity (Wildman–Crippen MR) is 69.9 cm³/mol. The van der Waals surface area contributed by atoms with Crippen LogP contribution in [0.15, 0.2) is 5.16 Å². The molecule has 1 heterocycles. The highest BCUT2D eigenvalue weighted by atomic mass is 31.2. The summed E-state index contributed by atoms with van der Waals surface area (Å²) in [5, 5.41) is 4.12. The molecule has 0 bridgehead atoms. The summed E-state index contributed by atoms with van der Waals surface area (Å²) in [7, 11) is -3.03. The Morgan fingerprint density at radius 2 is 2.00 bits per heavy atom. The summed E-state index contributed by atoms with van der Waals surface area (Å²) in [6.07, 6.45) is 1.70. The van der Waals surface area contributed by atoms with Gasteiger partial charge in [0.1, 0.15) is 6.61 Å². The van der Waals surface area contributed by atoms with Crippen molar-refractivity contribution in [3.63, 3.8) is 0 Å². The van der Waals surface area contributed by atoms with Crippen molar-refractivity contribution in [2.24, 2.45) is 17.0 Å². The van der Waals surface area contributed by atoms with Gasteiger partial charge in [-0.15, -0.1) is 0 Å². The molecule has 0 spiro atoms. The third-order valence-corrected chi connectivity index (χ3v) is 6.32. The van der Waals surface area contributed by atoms with E-state index in [1.54, 1.807) is 0 Å². The van der Waals surface area contributed by atoms with Gasteiger partial charge >= 0.3 is 7.60 Å². The van der Waals surface area contributed by atoms with E-state index in [0.29, 0.717) is 25.7 Å². The molecule has 0 saturated heterocycles. The highest BCUT2D eigenvalue weighted by Gasteiger charge is 2.52. The first-order chi connectivity index (χ1) is 8.66. The molecule has 0 radical (unpaired) electrons. The largest absolute Gasteiger partial charge is 0.395 e. The fourth-order valence-electron chi connectivity index (χ4n) is 2.99. The van der Waals surface area contributed by atoms with Crippen LogP contribution < -0.4 is 0 Å². The van der Waals surface area contributed by atoms with E-state index in [9.17, 15) is 4.57 Å². The minimum Gasteiger partial charge on any atom is -0.395 e. The van der Waals surface area contributed by atoms with E-state index in [-0.39, 0.29) is 11.6 Å². The molecule has 6 heteroatoms. The molecule has 1 saturated carbocycles. The Labute approximate surface area is 108 Å². The van der Waals surface area contributed by atoms with Crippen LogP contribution in [-0.2, 0) is 18.5 Å². The molecule has 1 unspecified atom stereocenters. The molecule has 3 atom stereocenters. The highest BCUT2D eigenvalue weighted by Crippen LogP contribution is 2.61.